The number of ether oxygens (including phenoxy) is 2. The van der Waals surface area contributed by atoms with E-state index in [9.17, 15) is 29.1 Å². The van der Waals surface area contributed by atoms with Crippen molar-refractivity contribution < 1.29 is 43.8 Å². The molecule has 0 unspecified atom stereocenters. The van der Waals surface area contributed by atoms with Crippen LogP contribution in [-0.2, 0) is 25.5 Å². The topological polar surface area (TPSA) is 204 Å². The van der Waals surface area contributed by atoms with Crippen molar-refractivity contribution in [2.45, 2.75) is 97.1 Å². The molecule has 0 spiro atoms. The molecule has 0 aliphatic carbocycles. The molecule has 2 aromatic rings. The largest absolute Gasteiger partial charge is 0.444 e. The molecule has 48 heavy (non-hydrogen) atoms. The van der Waals surface area contributed by atoms with E-state index in [1.807, 2.05) is 24.3 Å². The van der Waals surface area contributed by atoms with Crippen LogP contribution >= 0.6 is 0 Å². The maximum atomic E-state index is 13.0. The zero-order chi connectivity index (χ0) is 36.1. The van der Waals surface area contributed by atoms with Gasteiger partial charge in [-0.3, -0.25) is 19.6 Å². The fourth-order valence-corrected chi connectivity index (χ4v) is 4.36. The molecule has 2 rings (SSSR count). The summed E-state index contributed by atoms with van der Waals surface area (Å²) in [5.41, 5.74) is 3.00. The van der Waals surface area contributed by atoms with Crippen LogP contribution in [0, 0.1) is 0 Å². The van der Waals surface area contributed by atoms with Gasteiger partial charge in [-0.15, -0.1) is 0 Å². The fourth-order valence-electron chi connectivity index (χ4n) is 4.36. The first-order valence-electron chi connectivity index (χ1n) is 15.7. The number of amides is 5. The number of carbonyl (C=O) groups is 5. The Bertz CT molecular complexity index is 1380. The minimum atomic E-state index is -1.32. The Hall–Kier alpha value is -4.69. The first kappa shape index (κ1) is 39.5. The highest BCUT2D eigenvalue weighted by Crippen LogP contribution is 2.21. The van der Waals surface area contributed by atoms with Crippen LogP contribution in [0.2, 0.25) is 0 Å². The number of hydrogen-bond acceptors (Lipinski definition) is 9. The van der Waals surface area contributed by atoms with Gasteiger partial charge in [-0.2, -0.15) is 0 Å². The summed E-state index contributed by atoms with van der Waals surface area (Å²) in [5.74, 6) is -1.90. The Morgan fingerprint density at radius 1 is 0.729 bits per heavy atom. The molecule has 264 valence electrons. The number of benzene rings is 2. The number of hydroxylamine groups is 1. The van der Waals surface area contributed by atoms with Crippen molar-refractivity contribution >= 4 is 29.9 Å². The number of aliphatic hydroxyl groups is 1. The second kappa shape index (κ2) is 18.0. The van der Waals surface area contributed by atoms with E-state index >= 15 is 0 Å². The molecule has 7 N–H and O–H groups in total. The van der Waals surface area contributed by atoms with Crippen molar-refractivity contribution in [3.05, 3.63) is 59.7 Å². The lowest BCUT2D eigenvalue weighted by Crippen LogP contribution is -2.51. The van der Waals surface area contributed by atoms with Crippen LogP contribution in [0.25, 0.3) is 11.1 Å². The number of alkyl carbamates (subject to hydrolysis) is 2. The predicted octanol–water partition coefficient (Wildman–Crippen LogP) is 3.20. The number of nitrogens with one attached hydrogen (secondary N) is 5. The van der Waals surface area contributed by atoms with Gasteiger partial charge in [0.25, 0.3) is 11.8 Å². The highest BCUT2D eigenvalue weighted by atomic mass is 16.6. The van der Waals surface area contributed by atoms with Crippen LogP contribution < -0.4 is 26.7 Å². The minimum absolute atomic E-state index is 0.254. The Kier molecular flexibility index (Phi) is 14.8. The molecule has 0 fully saturated rings. The van der Waals surface area contributed by atoms with E-state index in [0.29, 0.717) is 19.4 Å². The summed E-state index contributed by atoms with van der Waals surface area (Å²) >= 11 is 0. The van der Waals surface area contributed by atoms with Gasteiger partial charge < -0.3 is 35.8 Å². The van der Waals surface area contributed by atoms with Crippen molar-refractivity contribution in [1.29, 1.82) is 0 Å². The van der Waals surface area contributed by atoms with E-state index < -0.39 is 53.4 Å². The first-order valence-corrected chi connectivity index (χ1v) is 15.7. The van der Waals surface area contributed by atoms with Crippen molar-refractivity contribution in [3.63, 3.8) is 0 Å². The van der Waals surface area contributed by atoms with Crippen LogP contribution in [0.15, 0.2) is 48.5 Å². The Morgan fingerprint density at radius 2 is 1.27 bits per heavy atom. The van der Waals surface area contributed by atoms with Gasteiger partial charge in [0.1, 0.15) is 23.3 Å². The fraction of sp³-hybridized carbons (Fsp3) is 0.500. The molecule has 0 bridgehead atoms. The van der Waals surface area contributed by atoms with Crippen molar-refractivity contribution in [3.8, 4) is 11.1 Å². The summed E-state index contributed by atoms with van der Waals surface area (Å²) < 4.78 is 10.5. The van der Waals surface area contributed by atoms with E-state index in [0.717, 1.165) is 16.7 Å². The second-order valence-electron chi connectivity index (χ2n) is 13.3. The van der Waals surface area contributed by atoms with Gasteiger partial charge in [0.2, 0.25) is 5.91 Å². The number of hydrogen-bond donors (Lipinski definition) is 7. The Balaban J connectivity index is 1.94. The molecule has 0 heterocycles. The van der Waals surface area contributed by atoms with E-state index in [2.05, 4.69) is 21.3 Å². The number of rotatable bonds is 14. The molecular formula is C34H49N5O9. The van der Waals surface area contributed by atoms with E-state index in [1.54, 1.807) is 65.8 Å². The summed E-state index contributed by atoms with van der Waals surface area (Å²) in [6.45, 7) is 12.3. The summed E-state index contributed by atoms with van der Waals surface area (Å²) in [6, 6.07) is 12.1. The third-order valence-electron chi connectivity index (χ3n) is 6.65. The van der Waals surface area contributed by atoms with Crippen LogP contribution in [0.4, 0.5) is 9.59 Å². The van der Waals surface area contributed by atoms with E-state index in [4.69, 9.17) is 14.7 Å². The van der Waals surface area contributed by atoms with Crippen molar-refractivity contribution in [1.82, 2.24) is 26.7 Å². The predicted molar refractivity (Wildman–Crippen MR) is 178 cm³/mol. The van der Waals surface area contributed by atoms with Gasteiger partial charge in [0, 0.05) is 18.7 Å². The average Bonchev–Trinajstić information content (AvgIpc) is 2.99. The van der Waals surface area contributed by atoms with Crippen LogP contribution in [-0.4, -0.2) is 82.7 Å². The van der Waals surface area contributed by atoms with Crippen LogP contribution in [0.3, 0.4) is 0 Å². The van der Waals surface area contributed by atoms with Crippen molar-refractivity contribution in [2.75, 3.05) is 13.1 Å². The summed E-state index contributed by atoms with van der Waals surface area (Å²) in [4.78, 5) is 61.6. The molecule has 14 heteroatoms. The quantitative estimate of drug-likeness (QED) is 0.0894. The molecule has 0 saturated heterocycles. The highest BCUT2D eigenvalue weighted by molar-refractivity contribution is 5.98. The van der Waals surface area contributed by atoms with Crippen molar-refractivity contribution in [2.24, 2.45) is 0 Å². The molecular weight excluding hydrogens is 622 g/mol. The van der Waals surface area contributed by atoms with Crippen LogP contribution in [0.5, 0.6) is 0 Å². The smallest absolute Gasteiger partial charge is 0.408 e. The van der Waals surface area contributed by atoms with Gasteiger partial charge >= 0.3 is 12.2 Å². The molecule has 14 nitrogen and oxygen atoms in total. The van der Waals surface area contributed by atoms with Gasteiger partial charge in [0.15, 0.2) is 0 Å². The monoisotopic (exact) mass is 671 g/mol. The molecule has 0 aliphatic heterocycles. The van der Waals surface area contributed by atoms with Gasteiger partial charge in [0.05, 0.1) is 6.10 Å². The SMILES string of the molecule is C[C@@H](O)[C@H](NC(=O)c1ccc(-c2ccc(CCNC(=O)[C@H](CCCNC(=O)OC(C)(C)C)NC(=O)OC(C)(C)C)cc2)cc1)C(=O)NO. The third-order valence-corrected chi connectivity index (χ3v) is 6.65. The summed E-state index contributed by atoms with van der Waals surface area (Å²) in [6.07, 6.45) is -1.31. The lowest BCUT2D eigenvalue weighted by Gasteiger charge is -2.23. The summed E-state index contributed by atoms with van der Waals surface area (Å²) in [7, 11) is 0. The average molecular weight is 672 g/mol. The maximum absolute atomic E-state index is 13.0. The van der Waals surface area contributed by atoms with E-state index in [1.165, 1.54) is 12.4 Å². The lowest BCUT2D eigenvalue weighted by molar-refractivity contribution is -0.133. The lowest BCUT2D eigenvalue weighted by atomic mass is 10.0. The summed E-state index contributed by atoms with van der Waals surface area (Å²) in [5, 5.41) is 29.1. The number of aliphatic hydroxyl groups excluding tert-OH is 1. The third kappa shape index (κ3) is 14.4. The number of carbonyl (C=O) groups excluding carboxylic acids is 5. The zero-order valence-corrected chi connectivity index (χ0v) is 28.6. The molecule has 0 aliphatic rings. The molecule has 0 radical (unpaired) electrons. The molecule has 0 saturated carbocycles. The van der Waals surface area contributed by atoms with Gasteiger partial charge in [-0.25, -0.2) is 15.1 Å². The highest BCUT2D eigenvalue weighted by Gasteiger charge is 2.26. The molecule has 5 amide bonds. The maximum Gasteiger partial charge on any atom is 0.408 e. The first-order chi connectivity index (χ1) is 22.4. The second-order valence-corrected chi connectivity index (χ2v) is 13.3. The molecule has 2 aromatic carbocycles. The zero-order valence-electron chi connectivity index (χ0n) is 28.6. The Labute approximate surface area is 281 Å². The van der Waals surface area contributed by atoms with Gasteiger partial charge in [-0.05, 0) is 96.6 Å². The molecule has 0 aromatic heterocycles. The molecule has 3 atom stereocenters. The van der Waals surface area contributed by atoms with E-state index in [-0.39, 0.29) is 24.4 Å². The van der Waals surface area contributed by atoms with Crippen LogP contribution in [0.1, 0.15) is 77.2 Å². The minimum Gasteiger partial charge on any atom is -0.444 e. The van der Waals surface area contributed by atoms with Gasteiger partial charge in [-0.1, -0.05) is 36.4 Å². The Morgan fingerprint density at radius 3 is 1.79 bits per heavy atom. The standard InChI is InChI=1S/C34H49N5O9/c1-21(40)27(30(43)39-46)38-28(41)25-16-14-24(15-17-25)23-12-10-22(11-13-23)18-20-35-29(42)26(37-32(45)48-34(5,6)7)9-8-19-36-31(44)47-33(2,3)4/h10-17,21,26-27,40,46H,8-9,18-20H2,1-7H3,(H,35,42)(H,36,44)(H,37,45)(H,38,41)(H,39,43)/t21-,26+,27+/m1/s1. The normalized spacial score (nSPS) is 13.3.